The first-order valence-corrected chi connectivity index (χ1v) is 8.13. The summed E-state index contributed by atoms with van der Waals surface area (Å²) in [6.45, 7) is 0. The maximum absolute atomic E-state index is 12.4. The SMILES string of the molecule is O=C(NC1C2CC3CC(C2)CC1C3)c1ccc(Cl)cc1. The molecule has 106 valence electrons. The number of halogens is 1. The normalized spacial score (nSPS) is 38.0. The predicted octanol–water partition coefficient (Wildman–Crippen LogP) is 3.89. The van der Waals surface area contributed by atoms with Crippen LogP contribution in [0.4, 0.5) is 0 Å². The van der Waals surface area contributed by atoms with Crippen molar-refractivity contribution < 1.29 is 4.79 Å². The first-order valence-electron chi connectivity index (χ1n) is 7.75. The highest BCUT2D eigenvalue weighted by Gasteiger charge is 2.48. The quantitative estimate of drug-likeness (QED) is 0.879. The number of hydrogen-bond acceptors (Lipinski definition) is 1. The Balaban J connectivity index is 1.49. The monoisotopic (exact) mass is 289 g/mol. The van der Waals surface area contributed by atoms with Gasteiger partial charge in [0.25, 0.3) is 5.91 Å². The third-order valence-corrected chi connectivity index (χ3v) is 5.88. The molecule has 0 aromatic heterocycles. The molecular weight excluding hydrogens is 270 g/mol. The van der Waals surface area contributed by atoms with E-state index in [4.69, 9.17) is 11.6 Å². The Labute approximate surface area is 124 Å². The molecule has 20 heavy (non-hydrogen) atoms. The molecule has 2 nitrogen and oxygen atoms in total. The van der Waals surface area contributed by atoms with Crippen molar-refractivity contribution in [1.82, 2.24) is 5.32 Å². The summed E-state index contributed by atoms with van der Waals surface area (Å²) in [4.78, 5) is 12.4. The standard InChI is InChI=1S/C17H20ClNO/c18-15-3-1-12(2-4-15)17(20)19-16-13-6-10-5-11(8-13)9-14(16)7-10/h1-4,10-11,13-14,16H,5-9H2,(H,19,20). The van der Waals surface area contributed by atoms with Crippen LogP contribution < -0.4 is 5.32 Å². The van der Waals surface area contributed by atoms with Gasteiger partial charge in [-0.1, -0.05) is 11.6 Å². The third-order valence-electron chi connectivity index (χ3n) is 5.63. The fraction of sp³-hybridized carbons (Fsp3) is 0.588. The Hall–Kier alpha value is -1.02. The molecule has 1 amide bonds. The van der Waals surface area contributed by atoms with E-state index in [1.165, 1.54) is 32.1 Å². The van der Waals surface area contributed by atoms with E-state index in [2.05, 4.69) is 5.32 Å². The molecule has 0 saturated heterocycles. The number of carbonyl (C=O) groups is 1. The van der Waals surface area contributed by atoms with Crippen LogP contribution in [0.25, 0.3) is 0 Å². The predicted molar refractivity (Wildman–Crippen MR) is 79.8 cm³/mol. The summed E-state index contributed by atoms with van der Waals surface area (Å²) in [7, 11) is 0. The number of rotatable bonds is 2. The van der Waals surface area contributed by atoms with Crippen molar-refractivity contribution in [3.8, 4) is 0 Å². The van der Waals surface area contributed by atoms with E-state index in [1.807, 2.05) is 12.1 Å². The zero-order chi connectivity index (χ0) is 13.7. The van der Waals surface area contributed by atoms with Gasteiger partial charge >= 0.3 is 0 Å². The fourth-order valence-corrected chi connectivity index (χ4v) is 5.12. The van der Waals surface area contributed by atoms with E-state index in [0.29, 0.717) is 11.1 Å². The van der Waals surface area contributed by atoms with Crippen LogP contribution in [-0.4, -0.2) is 11.9 Å². The summed E-state index contributed by atoms with van der Waals surface area (Å²) >= 11 is 5.88. The average Bonchev–Trinajstić information content (AvgIpc) is 2.42. The molecule has 1 aromatic rings. The second kappa shape index (κ2) is 4.77. The van der Waals surface area contributed by atoms with Crippen LogP contribution in [0.1, 0.15) is 42.5 Å². The van der Waals surface area contributed by atoms with Crippen molar-refractivity contribution in [2.75, 3.05) is 0 Å². The largest absolute Gasteiger partial charge is 0.349 e. The first kappa shape index (κ1) is 12.7. The van der Waals surface area contributed by atoms with Gasteiger partial charge in [-0.15, -0.1) is 0 Å². The van der Waals surface area contributed by atoms with E-state index in [-0.39, 0.29) is 5.91 Å². The minimum atomic E-state index is 0.0686. The molecule has 0 aliphatic heterocycles. The van der Waals surface area contributed by atoms with Gasteiger partial charge in [-0.3, -0.25) is 4.79 Å². The molecule has 0 spiro atoms. The zero-order valence-corrected chi connectivity index (χ0v) is 12.3. The van der Waals surface area contributed by atoms with Gasteiger partial charge in [0.15, 0.2) is 0 Å². The minimum Gasteiger partial charge on any atom is -0.349 e. The molecule has 4 fully saturated rings. The molecule has 1 aromatic carbocycles. The number of carbonyl (C=O) groups excluding carboxylic acids is 1. The smallest absolute Gasteiger partial charge is 0.251 e. The van der Waals surface area contributed by atoms with Crippen molar-refractivity contribution in [3.63, 3.8) is 0 Å². The fourth-order valence-electron chi connectivity index (χ4n) is 5.00. The average molecular weight is 290 g/mol. The van der Waals surface area contributed by atoms with Gasteiger partial charge in [0.1, 0.15) is 0 Å². The van der Waals surface area contributed by atoms with Crippen molar-refractivity contribution in [2.45, 2.75) is 38.1 Å². The second-order valence-corrected chi connectivity index (χ2v) is 7.37. The highest BCUT2D eigenvalue weighted by Crippen LogP contribution is 2.53. The second-order valence-electron chi connectivity index (χ2n) is 6.94. The Morgan fingerprint density at radius 1 is 0.950 bits per heavy atom. The maximum atomic E-state index is 12.4. The lowest BCUT2D eigenvalue weighted by atomic mass is 9.54. The number of nitrogens with one attached hydrogen (secondary N) is 1. The van der Waals surface area contributed by atoms with E-state index < -0.39 is 0 Å². The summed E-state index contributed by atoms with van der Waals surface area (Å²) in [6, 6.07) is 7.60. The summed E-state index contributed by atoms with van der Waals surface area (Å²) in [5.41, 5.74) is 0.725. The van der Waals surface area contributed by atoms with Crippen LogP contribution in [0.15, 0.2) is 24.3 Å². The molecule has 4 aliphatic rings. The van der Waals surface area contributed by atoms with Crippen LogP contribution in [-0.2, 0) is 0 Å². The Morgan fingerprint density at radius 3 is 2.05 bits per heavy atom. The van der Waals surface area contributed by atoms with Gasteiger partial charge in [-0.2, -0.15) is 0 Å². The molecule has 0 heterocycles. The summed E-state index contributed by atoms with van der Waals surface area (Å²) in [6.07, 6.45) is 6.78. The van der Waals surface area contributed by atoms with Crippen LogP contribution in [0.2, 0.25) is 5.02 Å². The number of benzene rings is 1. The Kier molecular flexibility index (Phi) is 3.03. The van der Waals surface area contributed by atoms with Crippen LogP contribution in [0.5, 0.6) is 0 Å². The van der Waals surface area contributed by atoms with Gasteiger partial charge in [-0.25, -0.2) is 0 Å². The van der Waals surface area contributed by atoms with Crippen molar-refractivity contribution in [1.29, 1.82) is 0 Å². The van der Waals surface area contributed by atoms with Crippen molar-refractivity contribution >= 4 is 17.5 Å². The van der Waals surface area contributed by atoms with Crippen LogP contribution in [0.3, 0.4) is 0 Å². The van der Waals surface area contributed by atoms with Gasteiger partial charge < -0.3 is 5.32 Å². The topological polar surface area (TPSA) is 29.1 Å². The van der Waals surface area contributed by atoms with Crippen molar-refractivity contribution in [3.05, 3.63) is 34.9 Å². The molecule has 4 bridgehead atoms. The maximum Gasteiger partial charge on any atom is 0.251 e. The van der Waals surface area contributed by atoms with Gasteiger partial charge in [0.05, 0.1) is 0 Å². The molecule has 0 atom stereocenters. The van der Waals surface area contributed by atoms with E-state index >= 15 is 0 Å². The number of amides is 1. The summed E-state index contributed by atoms with van der Waals surface area (Å²) in [5, 5.41) is 3.99. The molecule has 4 aliphatic carbocycles. The molecule has 5 rings (SSSR count). The van der Waals surface area contributed by atoms with Crippen molar-refractivity contribution in [2.24, 2.45) is 23.7 Å². The highest BCUT2D eigenvalue weighted by molar-refractivity contribution is 6.30. The molecule has 3 heteroatoms. The molecule has 4 saturated carbocycles. The van der Waals surface area contributed by atoms with Gasteiger partial charge in [0, 0.05) is 16.6 Å². The van der Waals surface area contributed by atoms with E-state index in [1.54, 1.807) is 12.1 Å². The van der Waals surface area contributed by atoms with Gasteiger partial charge in [0.2, 0.25) is 0 Å². The summed E-state index contributed by atoms with van der Waals surface area (Å²) < 4.78 is 0. The summed E-state index contributed by atoms with van der Waals surface area (Å²) in [5.74, 6) is 3.41. The van der Waals surface area contributed by atoms with Gasteiger partial charge in [-0.05, 0) is 80.0 Å². The number of hydrogen-bond donors (Lipinski definition) is 1. The molecular formula is C17H20ClNO. The highest BCUT2D eigenvalue weighted by atomic mass is 35.5. The van der Waals surface area contributed by atoms with Crippen LogP contribution in [0, 0.1) is 23.7 Å². The Bertz CT molecular complexity index is 496. The molecule has 1 N–H and O–H groups in total. The minimum absolute atomic E-state index is 0.0686. The molecule has 0 unspecified atom stereocenters. The lowest BCUT2D eigenvalue weighted by molar-refractivity contribution is -0.0119. The third kappa shape index (κ3) is 2.14. The molecule has 0 radical (unpaired) electrons. The lowest BCUT2D eigenvalue weighted by Gasteiger charge is -2.54. The Morgan fingerprint density at radius 2 is 1.50 bits per heavy atom. The lowest BCUT2D eigenvalue weighted by Crippen LogP contribution is -2.55. The van der Waals surface area contributed by atoms with E-state index in [9.17, 15) is 4.79 Å². The zero-order valence-electron chi connectivity index (χ0n) is 11.5. The van der Waals surface area contributed by atoms with Crippen LogP contribution >= 0.6 is 11.6 Å². The first-order chi connectivity index (χ1) is 9.69. The van der Waals surface area contributed by atoms with E-state index in [0.717, 1.165) is 29.2 Å².